The number of fused-ring (bicyclic) bond motifs is 1. The van der Waals surface area contributed by atoms with Crippen molar-refractivity contribution >= 4 is 5.97 Å². The average molecular weight is 312 g/mol. The minimum absolute atomic E-state index is 0.00289. The Morgan fingerprint density at radius 1 is 1.23 bits per heavy atom. The van der Waals surface area contributed by atoms with Crippen LogP contribution in [0.4, 0.5) is 13.2 Å². The molecule has 0 fully saturated rings. The molecule has 22 heavy (non-hydrogen) atoms. The van der Waals surface area contributed by atoms with Crippen LogP contribution in [0, 0.1) is 0 Å². The van der Waals surface area contributed by atoms with Gasteiger partial charge in [0, 0.05) is 11.3 Å². The van der Waals surface area contributed by atoms with E-state index in [-0.39, 0.29) is 11.4 Å². The number of hydrogen-bond acceptors (Lipinski definition) is 3. The molecule has 1 aromatic carbocycles. The van der Waals surface area contributed by atoms with Crippen molar-refractivity contribution < 1.29 is 27.8 Å². The molecule has 5 nitrogen and oxygen atoms in total. The van der Waals surface area contributed by atoms with Gasteiger partial charge in [-0.1, -0.05) is 0 Å². The number of halogens is 3. The van der Waals surface area contributed by atoms with Gasteiger partial charge in [-0.25, -0.2) is 9.48 Å². The van der Waals surface area contributed by atoms with Crippen molar-refractivity contribution in [3.8, 4) is 11.4 Å². The normalized spacial score (nSPS) is 14.0. The zero-order valence-corrected chi connectivity index (χ0v) is 11.2. The Kier molecular flexibility index (Phi) is 3.31. The number of rotatable bonds is 3. The van der Waals surface area contributed by atoms with Gasteiger partial charge in [-0.2, -0.15) is 5.10 Å². The van der Waals surface area contributed by atoms with Gasteiger partial charge in [0.15, 0.2) is 5.69 Å². The Morgan fingerprint density at radius 2 is 1.91 bits per heavy atom. The predicted molar refractivity (Wildman–Crippen MR) is 69.2 cm³/mol. The van der Waals surface area contributed by atoms with E-state index >= 15 is 0 Å². The lowest BCUT2D eigenvalue weighted by Crippen LogP contribution is -2.17. The number of carboxylic acid groups (broad SMARTS) is 1. The maximum atomic E-state index is 12.1. The molecule has 0 amide bonds. The van der Waals surface area contributed by atoms with Crippen molar-refractivity contribution in [3.63, 3.8) is 0 Å². The van der Waals surface area contributed by atoms with Crippen molar-refractivity contribution in [2.45, 2.75) is 25.6 Å². The number of carbonyl (C=O) groups is 1. The molecule has 0 atom stereocenters. The third kappa shape index (κ3) is 2.63. The second-order valence-electron chi connectivity index (χ2n) is 4.89. The fraction of sp³-hybridized carbons (Fsp3) is 0.286. The Hall–Kier alpha value is -2.51. The third-order valence-electron chi connectivity index (χ3n) is 3.45. The monoisotopic (exact) mass is 312 g/mol. The molecular weight excluding hydrogens is 301 g/mol. The number of aromatic nitrogens is 2. The topological polar surface area (TPSA) is 64.3 Å². The smallest absolute Gasteiger partial charge is 0.476 e. The molecule has 0 radical (unpaired) electrons. The van der Waals surface area contributed by atoms with E-state index in [0.29, 0.717) is 24.1 Å². The molecule has 0 saturated heterocycles. The van der Waals surface area contributed by atoms with Gasteiger partial charge in [-0.3, -0.25) is 0 Å². The third-order valence-corrected chi connectivity index (χ3v) is 3.45. The molecule has 8 heteroatoms. The standard InChI is InChI=1S/C14H11F3N2O3/c15-14(16,17)22-9-6-4-8(5-7-9)19-11-3-1-2-10(11)12(18-19)13(20)21/h4-7H,1-3H2,(H,20,21). The molecule has 1 heterocycles. The Labute approximate surface area is 122 Å². The van der Waals surface area contributed by atoms with Crippen LogP contribution in [0.3, 0.4) is 0 Å². The summed E-state index contributed by atoms with van der Waals surface area (Å²) in [6.07, 6.45) is -2.57. The number of aromatic carboxylic acids is 1. The summed E-state index contributed by atoms with van der Waals surface area (Å²) in [6.45, 7) is 0. The fourth-order valence-corrected chi connectivity index (χ4v) is 2.61. The van der Waals surface area contributed by atoms with E-state index in [1.165, 1.54) is 28.9 Å². The van der Waals surface area contributed by atoms with Crippen LogP contribution in [0.2, 0.25) is 0 Å². The molecule has 0 unspecified atom stereocenters. The van der Waals surface area contributed by atoms with Crippen LogP contribution >= 0.6 is 0 Å². The number of hydrogen-bond donors (Lipinski definition) is 1. The van der Waals surface area contributed by atoms with Crippen LogP contribution in [0.1, 0.15) is 28.2 Å². The van der Waals surface area contributed by atoms with Crippen LogP contribution in [0.25, 0.3) is 5.69 Å². The van der Waals surface area contributed by atoms with Crippen LogP contribution in [0.15, 0.2) is 24.3 Å². The van der Waals surface area contributed by atoms with Crippen molar-refractivity contribution in [2.75, 3.05) is 0 Å². The second kappa shape index (κ2) is 5.04. The molecule has 116 valence electrons. The number of carboxylic acids is 1. The van der Waals surface area contributed by atoms with Gasteiger partial charge in [0.2, 0.25) is 0 Å². The lowest BCUT2D eigenvalue weighted by Gasteiger charge is -2.10. The van der Waals surface area contributed by atoms with Crippen molar-refractivity contribution in [1.82, 2.24) is 9.78 Å². The first kappa shape index (κ1) is 14.4. The van der Waals surface area contributed by atoms with E-state index in [9.17, 15) is 18.0 Å². The summed E-state index contributed by atoms with van der Waals surface area (Å²) >= 11 is 0. The van der Waals surface area contributed by atoms with Gasteiger partial charge >= 0.3 is 12.3 Å². The maximum absolute atomic E-state index is 12.1. The van der Waals surface area contributed by atoms with E-state index in [4.69, 9.17) is 5.11 Å². The maximum Gasteiger partial charge on any atom is 0.573 e. The number of benzene rings is 1. The molecule has 1 aliphatic carbocycles. The van der Waals surface area contributed by atoms with Gasteiger partial charge in [-0.15, -0.1) is 13.2 Å². The highest BCUT2D eigenvalue weighted by Gasteiger charge is 2.31. The highest BCUT2D eigenvalue weighted by Crippen LogP contribution is 2.29. The van der Waals surface area contributed by atoms with Crippen LogP contribution in [-0.4, -0.2) is 27.2 Å². The van der Waals surface area contributed by atoms with Crippen LogP contribution in [-0.2, 0) is 12.8 Å². The van der Waals surface area contributed by atoms with Crippen molar-refractivity contribution in [1.29, 1.82) is 0 Å². The minimum atomic E-state index is -4.75. The molecule has 0 spiro atoms. The molecule has 3 rings (SSSR count). The molecule has 0 saturated carbocycles. The molecule has 1 aliphatic rings. The Morgan fingerprint density at radius 3 is 2.50 bits per heavy atom. The lowest BCUT2D eigenvalue weighted by molar-refractivity contribution is -0.274. The fourth-order valence-electron chi connectivity index (χ4n) is 2.61. The second-order valence-corrected chi connectivity index (χ2v) is 4.89. The number of alkyl halides is 3. The minimum Gasteiger partial charge on any atom is -0.476 e. The van der Waals surface area contributed by atoms with Gasteiger partial charge in [0.25, 0.3) is 0 Å². The summed E-state index contributed by atoms with van der Waals surface area (Å²) in [5, 5.41) is 13.2. The van der Waals surface area contributed by atoms with Crippen molar-refractivity contribution in [2.24, 2.45) is 0 Å². The Balaban J connectivity index is 1.95. The van der Waals surface area contributed by atoms with E-state index in [0.717, 1.165) is 12.1 Å². The van der Waals surface area contributed by atoms with E-state index in [1.807, 2.05) is 0 Å². The number of nitrogens with zero attached hydrogens (tertiary/aromatic N) is 2. The quantitative estimate of drug-likeness (QED) is 0.946. The van der Waals surface area contributed by atoms with E-state index in [2.05, 4.69) is 9.84 Å². The highest BCUT2D eigenvalue weighted by molar-refractivity contribution is 5.87. The summed E-state index contributed by atoms with van der Waals surface area (Å²) in [4.78, 5) is 11.2. The van der Waals surface area contributed by atoms with Crippen LogP contribution < -0.4 is 4.74 Å². The molecule has 0 bridgehead atoms. The average Bonchev–Trinajstić information content (AvgIpc) is 2.99. The first-order chi connectivity index (χ1) is 10.3. The first-order valence-corrected chi connectivity index (χ1v) is 6.55. The van der Waals surface area contributed by atoms with E-state index in [1.54, 1.807) is 0 Å². The van der Waals surface area contributed by atoms with Gasteiger partial charge in [0.1, 0.15) is 5.75 Å². The zero-order chi connectivity index (χ0) is 15.9. The summed E-state index contributed by atoms with van der Waals surface area (Å²) in [5.74, 6) is -1.44. The highest BCUT2D eigenvalue weighted by atomic mass is 19.4. The van der Waals surface area contributed by atoms with Crippen LogP contribution in [0.5, 0.6) is 5.75 Å². The van der Waals surface area contributed by atoms with Gasteiger partial charge in [0.05, 0.1) is 5.69 Å². The summed E-state index contributed by atoms with van der Waals surface area (Å²) < 4.78 is 41.7. The molecule has 1 N–H and O–H groups in total. The zero-order valence-electron chi connectivity index (χ0n) is 11.2. The first-order valence-electron chi connectivity index (χ1n) is 6.55. The summed E-state index contributed by atoms with van der Waals surface area (Å²) in [5.41, 5.74) is 1.99. The molecule has 2 aromatic rings. The van der Waals surface area contributed by atoms with Gasteiger partial charge in [-0.05, 0) is 43.5 Å². The largest absolute Gasteiger partial charge is 0.573 e. The lowest BCUT2D eigenvalue weighted by atomic mass is 10.2. The number of ether oxygens (including phenoxy) is 1. The molecular formula is C14H11F3N2O3. The molecule has 1 aromatic heterocycles. The van der Waals surface area contributed by atoms with E-state index < -0.39 is 12.3 Å². The summed E-state index contributed by atoms with van der Waals surface area (Å²) in [6, 6.07) is 5.18. The summed E-state index contributed by atoms with van der Waals surface area (Å²) in [7, 11) is 0. The Bertz CT molecular complexity index is 720. The van der Waals surface area contributed by atoms with Gasteiger partial charge < -0.3 is 9.84 Å². The SMILES string of the molecule is O=C(O)c1nn(-c2ccc(OC(F)(F)F)cc2)c2c1CCC2. The van der Waals surface area contributed by atoms with Crippen molar-refractivity contribution in [3.05, 3.63) is 41.2 Å². The predicted octanol–water partition coefficient (Wildman–Crippen LogP) is 2.96. The molecule has 0 aliphatic heterocycles.